The molecule has 15 heavy (non-hydrogen) atoms. The number of benzene rings is 1. The molecule has 1 aromatic carbocycles. The molecule has 0 saturated carbocycles. The van der Waals surface area contributed by atoms with Crippen molar-refractivity contribution in [3.63, 3.8) is 0 Å². The smallest absolute Gasteiger partial charge is 0.328 e. The maximum Gasteiger partial charge on any atom is 0.328 e. The summed E-state index contributed by atoms with van der Waals surface area (Å²) in [7, 11) is 0. The van der Waals surface area contributed by atoms with Gasteiger partial charge in [-0.15, -0.1) is 0 Å². The Morgan fingerprint density at radius 2 is 2.13 bits per heavy atom. The zero-order valence-corrected chi connectivity index (χ0v) is 8.23. The molecule has 0 fully saturated rings. The molecule has 4 heteroatoms. The number of hydrogen-bond acceptors (Lipinski definition) is 3. The highest BCUT2D eigenvalue weighted by Crippen LogP contribution is 2.28. The maximum atomic E-state index is 10.7. The molecular formula is C11H11NO3. The van der Waals surface area contributed by atoms with Crippen molar-refractivity contribution < 1.29 is 14.3 Å². The molecule has 1 atom stereocenters. The van der Waals surface area contributed by atoms with Gasteiger partial charge in [0.2, 0.25) is 0 Å². The average molecular weight is 205 g/mol. The van der Waals surface area contributed by atoms with Crippen LogP contribution in [0.3, 0.4) is 0 Å². The van der Waals surface area contributed by atoms with Gasteiger partial charge in [0, 0.05) is 10.9 Å². The van der Waals surface area contributed by atoms with Crippen LogP contribution in [-0.2, 0) is 4.79 Å². The highest BCUT2D eigenvalue weighted by atomic mass is 16.4. The van der Waals surface area contributed by atoms with Crippen molar-refractivity contribution in [3.8, 4) is 0 Å². The molecule has 2 aromatic rings. The highest BCUT2D eigenvalue weighted by Gasteiger charge is 2.22. The average Bonchev–Trinajstić information content (AvgIpc) is 2.56. The molecule has 0 bridgehead atoms. The fourth-order valence-electron chi connectivity index (χ4n) is 1.60. The fourth-order valence-corrected chi connectivity index (χ4v) is 1.60. The normalized spacial score (nSPS) is 12.9. The van der Waals surface area contributed by atoms with Crippen LogP contribution in [-0.4, -0.2) is 11.1 Å². The standard InChI is InChI=1S/C11H11NO3/c1-6-7-4-2-3-5-8(7)15-10(6)9(12)11(13)14/h2-5,9H,12H2,1H3,(H,13,14). The highest BCUT2D eigenvalue weighted by molar-refractivity contribution is 5.84. The van der Waals surface area contributed by atoms with Crippen LogP contribution in [0.4, 0.5) is 0 Å². The van der Waals surface area contributed by atoms with Gasteiger partial charge in [-0.3, -0.25) is 4.79 Å². The van der Waals surface area contributed by atoms with E-state index in [9.17, 15) is 4.79 Å². The van der Waals surface area contributed by atoms with Crippen molar-refractivity contribution >= 4 is 16.9 Å². The number of rotatable bonds is 2. The molecule has 4 nitrogen and oxygen atoms in total. The van der Waals surface area contributed by atoms with Crippen molar-refractivity contribution in [1.82, 2.24) is 0 Å². The van der Waals surface area contributed by atoms with Crippen molar-refractivity contribution in [2.75, 3.05) is 0 Å². The number of carboxylic acids is 1. The summed E-state index contributed by atoms with van der Waals surface area (Å²) in [6, 6.07) is 6.28. The van der Waals surface area contributed by atoms with Gasteiger partial charge in [0.15, 0.2) is 6.04 Å². The topological polar surface area (TPSA) is 76.5 Å². The molecular weight excluding hydrogens is 194 g/mol. The summed E-state index contributed by atoms with van der Waals surface area (Å²) in [6.07, 6.45) is 0. The molecule has 0 amide bonds. The third kappa shape index (κ3) is 1.49. The quantitative estimate of drug-likeness (QED) is 0.784. The Bertz CT molecular complexity index is 516. The van der Waals surface area contributed by atoms with Gasteiger partial charge in [0.05, 0.1) is 0 Å². The summed E-state index contributed by atoms with van der Waals surface area (Å²) in [4.78, 5) is 10.7. The van der Waals surface area contributed by atoms with E-state index in [1.807, 2.05) is 25.1 Å². The predicted molar refractivity (Wildman–Crippen MR) is 55.5 cm³/mol. The van der Waals surface area contributed by atoms with Crippen LogP contribution in [0.1, 0.15) is 17.4 Å². The van der Waals surface area contributed by atoms with Gasteiger partial charge >= 0.3 is 5.97 Å². The Balaban J connectivity index is 2.63. The van der Waals surface area contributed by atoms with E-state index in [-0.39, 0.29) is 0 Å². The SMILES string of the molecule is Cc1c(C(N)C(=O)O)oc2ccccc12. The minimum Gasteiger partial charge on any atom is -0.480 e. The zero-order chi connectivity index (χ0) is 11.0. The van der Waals surface area contributed by atoms with E-state index in [0.29, 0.717) is 11.3 Å². The second kappa shape index (κ2) is 3.40. The molecule has 1 heterocycles. The first-order chi connectivity index (χ1) is 7.11. The summed E-state index contributed by atoms with van der Waals surface area (Å²) in [5, 5.41) is 9.71. The first kappa shape index (κ1) is 9.73. The lowest BCUT2D eigenvalue weighted by Gasteiger charge is -2.02. The molecule has 1 aromatic heterocycles. The summed E-state index contributed by atoms with van der Waals surface area (Å²) >= 11 is 0. The first-order valence-corrected chi connectivity index (χ1v) is 4.57. The second-order valence-corrected chi connectivity index (χ2v) is 3.40. The summed E-state index contributed by atoms with van der Waals surface area (Å²) < 4.78 is 5.42. The van der Waals surface area contributed by atoms with E-state index >= 15 is 0 Å². The first-order valence-electron chi connectivity index (χ1n) is 4.57. The number of furan rings is 1. The van der Waals surface area contributed by atoms with Gasteiger partial charge in [-0.2, -0.15) is 0 Å². The van der Waals surface area contributed by atoms with E-state index in [4.69, 9.17) is 15.3 Å². The number of aryl methyl sites for hydroxylation is 1. The number of nitrogens with two attached hydrogens (primary N) is 1. The number of para-hydroxylation sites is 1. The van der Waals surface area contributed by atoms with Crippen LogP contribution < -0.4 is 5.73 Å². The monoisotopic (exact) mass is 205 g/mol. The summed E-state index contributed by atoms with van der Waals surface area (Å²) in [5.41, 5.74) is 6.97. The molecule has 0 radical (unpaired) electrons. The van der Waals surface area contributed by atoms with E-state index in [0.717, 1.165) is 10.9 Å². The molecule has 0 aliphatic heterocycles. The molecule has 0 spiro atoms. The zero-order valence-electron chi connectivity index (χ0n) is 8.23. The number of fused-ring (bicyclic) bond motifs is 1. The third-order valence-corrected chi connectivity index (χ3v) is 2.43. The van der Waals surface area contributed by atoms with E-state index < -0.39 is 12.0 Å². The van der Waals surface area contributed by atoms with Gasteiger partial charge in [-0.1, -0.05) is 18.2 Å². The Hall–Kier alpha value is -1.81. The van der Waals surface area contributed by atoms with Crippen molar-refractivity contribution in [2.45, 2.75) is 13.0 Å². The molecule has 0 aliphatic rings. The molecule has 0 saturated heterocycles. The Kier molecular flexibility index (Phi) is 2.21. The van der Waals surface area contributed by atoms with Gasteiger partial charge < -0.3 is 15.3 Å². The molecule has 2 rings (SSSR count). The summed E-state index contributed by atoms with van der Waals surface area (Å²) in [6.45, 7) is 1.81. The largest absolute Gasteiger partial charge is 0.480 e. The van der Waals surface area contributed by atoms with Gasteiger partial charge in [0.1, 0.15) is 11.3 Å². The fraction of sp³-hybridized carbons (Fsp3) is 0.182. The lowest BCUT2D eigenvalue weighted by atomic mass is 10.1. The van der Waals surface area contributed by atoms with Gasteiger partial charge in [-0.05, 0) is 13.0 Å². The van der Waals surface area contributed by atoms with Crippen molar-refractivity contribution in [1.29, 1.82) is 0 Å². The molecule has 0 aliphatic carbocycles. The lowest BCUT2D eigenvalue weighted by Crippen LogP contribution is -2.20. The van der Waals surface area contributed by atoms with Crippen LogP contribution in [0, 0.1) is 6.92 Å². The lowest BCUT2D eigenvalue weighted by molar-refractivity contribution is -0.139. The van der Waals surface area contributed by atoms with E-state index in [1.165, 1.54) is 0 Å². The van der Waals surface area contributed by atoms with Gasteiger partial charge in [0.25, 0.3) is 0 Å². The van der Waals surface area contributed by atoms with Crippen LogP contribution >= 0.6 is 0 Å². The number of hydrogen-bond donors (Lipinski definition) is 2. The number of aliphatic carboxylic acids is 1. The minimum atomic E-state index is -1.10. The predicted octanol–water partition coefficient (Wildman–Crippen LogP) is 1.83. The minimum absolute atomic E-state index is 0.323. The van der Waals surface area contributed by atoms with Gasteiger partial charge in [-0.25, -0.2) is 0 Å². The Morgan fingerprint density at radius 3 is 2.73 bits per heavy atom. The maximum absolute atomic E-state index is 10.7. The van der Waals surface area contributed by atoms with E-state index in [2.05, 4.69) is 0 Å². The Labute approximate surface area is 86.3 Å². The molecule has 1 unspecified atom stereocenters. The van der Waals surface area contributed by atoms with Crippen LogP contribution in [0.25, 0.3) is 11.0 Å². The number of carboxylic acid groups (broad SMARTS) is 1. The van der Waals surface area contributed by atoms with Crippen molar-refractivity contribution in [2.24, 2.45) is 5.73 Å². The summed E-state index contributed by atoms with van der Waals surface area (Å²) in [5.74, 6) is -0.763. The second-order valence-electron chi connectivity index (χ2n) is 3.40. The third-order valence-electron chi connectivity index (χ3n) is 2.43. The van der Waals surface area contributed by atoms with Crippen LogP contribution in [0.2, 0.25) is 0 Å². The van der Waals surface area contributed by atoms with Crippen molar-refractivity contribution in [3.05, 3.63) is 35.6 Å². The Morgan fingerprint density at radius 1 is 1.47 bits per heavy atom. The molecule has 78 valence electrons. The van der Waals surface area contributed by atoms with E-state index in [1.54, 1.807) is 6.07 Å². The number of carbonyl (C=O) groups is 1. The van der Waals surface area contributed by atoms with Crippen LogP contribution in [0.5, 0.6) is 0 Å². The van der Waals surface area contributed by atoms with Crippen LogP contribution in [0.15, 0.2) is 28.7 Å². The molecule has 3 N–H and O–H groups in total.